The molecule has 1 aliphatic rings. The smallest absolute Gasteiger partial charge is 0.214 e. The molecule has 0 spiro atoms. The Bertz CT molecular complexity index is 842. The normalized spacial score (nSPS) is 20.5. The molecule has 0 atom stereocenters. The van der Waals surface area contributed by atoms with Crippen LogP contribution in [0.3, 0.4) is 0 Å². The molecule has 1 saturated heterocycles. The quantitative estimate of drug-likeness (QED) is 0.742. The minimum Gasteiger partial charge on any atom is -0.381 e. The Morgan fingerprint density at radius 3 is 2.64 bits per heavy atom. The van der Waals surface area contributed by atoms with Crippen molar-refractivity contribution in [2.24, 2.45) is 0 Å². The topological polar surface area (TPSA) is 30.6 Å². The summed E-state index contributed by atoms with van der Waals surface area (Å²) in [7, 11) is 0. The second kappa shape index (κ2) is 7.42. The highest BCUT2D eigenvalue weighted by atomic mass is 35.5. The molecule has 2 aromatic carbocycles. The Labute approximate surface area is 153 Å². The zero-order chi connectivity index (χ0) is 17.1. The first kappa shape index (κ1) is 16.4. The zero-order valence-electron chi connectivity index (χ0n) is 14.3. The number of anilines is 1. The van der Waals surface area contributed by atoms with Gasteiger partial charge in [-0.2, -0.15) is 0 Å². The highest BCUT2D eigenvalue weighted by Crippen LogP contribution is 2.24. The molecule has 3 nitrogen and oxygen atoms in total. The monoisotopic (exact) mass is 353 g/mol. The number of fused-ring (bicyclic) bond motifs is 1. The van der Waals surface area contributed by atoms with Gasteiger partial charge in [-0.15, -0.1) is 0 Å². The summed E-state index contributed by atoms with van der Waals surface area (Å²) < 4.78 is 0. The predicted molar refractivity (Wildman–Crippen MR) is 103 cm³/mol. The van der Waals surface area contributed by atoms with Gasteiger partial charge in [-0.05, 0) is 12.1 Å². The third kappa shape index (κ3) is 3.94. The van der Waals surface area contributed by atoms with Crippen molar-refractivity contribution >= 4 is 28.2 Å². The number of likely N-dealkylation sites (tertiary alicyclic amines) is 1. The van der Waals surface area contributed by atoms with Gasteiger partial charge in [-0.3, -0.25) is 0 Å². The average molecular weight is 354 g/mol. The van der Waals surface area contributed by atoms with Gasteiger partial charge in [0.25, 0.3) is 0 Å². The van der Waals surface area contributed by atoms with Crippen LogP contribution >= 0.6 is 11.6 Å². The Kier molecular flexibility index (Phi) is 4.86. The van der Waals surface area contributed by atoms with Crippen molar-refractivity contribution in [2.75, 3.05) is 18.4 Å². The largest absolute Gasteiger partial charge is 0.381 e. The van der Waals surface area contributed by atoms with Gasteiger partial charge in [-0.1, -0.05) is 41.9 Å². The van der Waals surface area contributed by atoms with Crippen molar-refractivity contribution in [3.8, 4) is 0 Å². The van der Waals surface area contributed by atoms with E-state index in [1.165, 1.54) is 42.6 Å². The lowest BCUT2D eigenvalue weighted by Gasteiger charge is -2.30. The van der Waals surface area contributed by atoms with Gasteiger partial charge in [0, 0.05) is 41.6 Å². The maximum absolute atomic E-state index is 6.10. The van der Waals surface area contributed by atoms with E-state index >= 15 is 0 Å². The van der Waals surface area contributed by atoms with Gasteiger partial charge in [0.05, 0.1) is 24.2 Å². The van der Waals surface area contributed by atoms with Crippen LogP contribution in [0, 0.1) is 0 Å². The number of quaternary nitrogens is 1. The molecule has 1 aromatic heterocycles. The van der Waals surface area contributed by atoms with Crippen LogP contribution in [0.1, 0.15) is 18.4 Å². The van der Waals surface area contributed by atoms with Crippen LogP contribution in [0.4, 0.5) is 5.69 Å². The Morgan fingerprint density at radius 2 is 1.84 bits per heavy atom. The van der Waals surface area contributed by atoms with Crippen molar-refractivity contribution in [2.45, 2.75) is 25.4 Å². The number of halogens is 1. The molecule has 0 saturated carbocycles. The van der Waals surface area contributed by atoms with Crippen LogP contribution in [-0.4, -0.2) is 19.1 Å². The number of aromatic amines is 1. The fourth-order valence-corrected chi connectivity index (χ4v) is 3.92. The van der Waals surface area contributed by atoms with E-state index in [1.807, 2.05) is 18.3 Å². The molecule has 0 unspecified atom stereocenters. The Balaban J connectivity index is 1.39. The molecule has 2 heterocycles. The number of piperidine rings is 1. The molecule has 4 rings (SSSR count). The summed E-state index contributed by atoms with van der Waals surface area (Å²) in [5.41, 5.74) is 3.71. The maximum atomic E-state index is 6.10. The molecule has 3 aromatic rings. The van der Waals surface area contributed by atoms with Gasteiger partial charge >= 0.3 is 0 Å². The lowest BCUT2D eigenvalue weighted by atomic mass is 10.0. The van der Waals surface area contributed by atoms with Crippen LogP contribution in [0.25, 0.3) is 10.9 Å². The number of aromatic nitrogens is 1. The fraction of sp³-hybridized carbons (Fsp3) is 0.286. The van der Waals surface area contributed by atoms with Crippen molar-refractivity contribution in [3.05, 3.63) is 71.4 Å². The first-order valence-electron chi connectivity index (χ1n) is 9.02. The van der Waals surface area contributed by atoms with Crippen molar-refractivity contribution in [3.63, 3.8) is 0 Å². The van der Waals surface area contributed by atoms with Crippen LogP contribution in [0.15, 0.2) is 60.8 Å². The number of hydrogen-bond donors (Lipinski definition) is 2. The second-order valence-corrected chi connectivity index (χ2v) is 7.35. The SMILES string of the molecule is Clc1ccc2c(NC3CC[NH+](Cc4ccccc4)CC3)cc[nH+]c2c1. The van der Waals surface area contributed by atoms with Crippen LogP contribution in [0.2, 0.25) is 5.02 Å². The lowest BCUT2D eigenvalue weighted by Crippen LogP contribution is -3.12. The van der Waals surface area contributed by atoms with E-state index in [0.29, 0.717) is 6.04 Å². The molecule has 1 fully saturated rings. The molecule has 128 valence electrons. The van der Waals surface area contributed by atoms with E-state index in [1.54, 1.807) is 4.90 Å². The minimum absolute atomic E-state index is 0.542. The highest BCUT2D eigenvalue weighted by molar-refractivity contribution is 6.31. The third-order valence-corrected chi connectivity index (χ3v) is 5.34. The lowest BCUT2D eigenvalue weighted by molar-refractivity contribution is -0.918. The van der Waals surface area contributed by atoms with E-state index in [2.05, 4.69) is 52.8 Å². The molecule has 0 bridgehead atoms. The van der Waals surface area contributed by atoms with Crippen molar-refractivity contribution in [1.82, 2.24) is 0 Å². The number of hydrogen-bond acceptors (Lipinski definition) is 1. The van der Waals surface area contributed by atoms with Crippen LogP contribution < -0.4 is 15.2 Å². The van der Waals surface area contributed by atoms with Gasteiger partial charge in [0.1, 0.15) is 6.54 Å². The van der Waals surface area contributed by atoms with Crippen molar-refractivity contribution in [1.29, 1.82) is 0 Å². The van der Waals surface area contributed by atoms with Gasteiger partial charge < -0.3 is 10.2 Å². The molecular formula is C21H24ClN3+2. The zero-order valence-corrected chi connectivity index (χ0v) is 15.0. The molecule has 4 heteroatoms. The van der Waals surface area contributed by atoms with Gasteiger partial charge in [0.15, 0.2) is 6.20 Å². The fourth-order valence-electron chi connectivity index (χ4n) is 3.75. The van der Waals surface area contributed by atoms with Gasteiger partial charge in [-0.25, -0.2) is 4.98 Å². The minimum atomic E-state index is 0.542. The number of nitrogens with one attached hydrogen (secondary N) is 3. The first-order chi connectivity index (χ1) is 12.3. The number of H-pyrrole nitrogens is 1. The summed E-state index contributed by atoms with van der Waals surface area (Å²) in [4.78, 5) is 4.96. The number of rotatable bonds is 4. The summed E-state index contributed by atoms with van der Waals surface area (Å²) in [6.07, 6.45) is 4.39. The molecule has 0 amide bonds. The molecule has 3 N–H and O–H groups in total. The maximum Gasteiger partial charge on any atom is 0.214 e. The van der Waals surface area contributed by atoms with E-state index in [9.17, 15) is 0 Å². The Morgan fingerprint density at radius 1 is 1.04 bits per heavy atom. The molecule has 25 heavy (non-hydrogen) atoms. The highest BCUT2D eigenvalue weighted by Gasteiger charge is 2.22. The van der Waals surface area contributed by atoms with Crippen molar-refractivity contribution < 1.29 is 9.88 Å². The molecular weight excluding hydrogens is 330 g/mol. The summed E-state index contributed by atoms with van der Waals surface area (Å²) >= 11 is 6.10. The summed E-state index contributed by atoms with van der Waals surface area (Å²) in [5.74, 6) is 0. The van der Waals surface area contributed by atoms with E-state index < -0.39 is 0 Å². The standard InChI is InChI=1S/C21H22ClN3/c22-17-6-7-19-20(8-11-23-21(19)14-17)24-18-9-12-25(13-10-18)15-16-4-2-1-3-5-16/h1-8,11,14,18H,9-10,12-13,15H2,(H,23,24)/p+2. The summed E-state index contributed by atoms with van der Waals surface area (Å²) in [6.45, 7) is 3.57. The predicted octanol–water partition coefficient (Wildman–Crippen LogP) is 2.97. The van der Waals surface area contributed by atoms with Crippen LogP contribution in [-0.2, 0) is 6.54 Å². The third-order valence-electron chi connectivity index (χ3n) is 5.11. The molecule has 1 aliphatic heterocycles. The number of benzene rings is 2. The molecule has 0 aliphatic carbocycles. The van der Waals surface area contributed by atoms with E-state index in [0.717, 1.165) is 17.1 Å². The van der Waals surface area contributed by atoms with E-state index in [-0.39, 0.29) is 0 Å². The molecule has 0 radical (unpaired) electrons. The second-order valence-electron chi connectivity index (χ2n) is 6.91. The average Bonchev–Trinajstić information content (AvgIpc) is 2.64. The number of pyridine rings is 1. The summed E-state index contributed by atoms with van der Waals surface area (Å²) in [5, 5.41) is 5.71. The summed E-state index contributed by atoms with van der Waals surface area (Å²) in [6, 6.07) is 19.5. The van der Waals surface area contributed by atoms with E-state index in [4.69, 9.17) is 11.6 Å². The Hall–Kier alpha value is -2.10. The first-order valence-corrected chi connectivity index (χ1v) is 9.40. The van der Waals surface area contributed by atoms with Gasteiger partial charge in [0.2, 0.25) is 5.52 Å². The van der Waals surface area contributed by atoms with Crippen LogP contribution in [0.5, 0.6) is 0 Å².